The van der Waals surface area contributed by atoms with Gasteiger partial charge in [0.25, 0.3) is 5.89 Å². The van der Waals surface area contributed by atoms with Crippen molar-refractivity contribution in [3.8, 4) is 28.5 Å². The molecule has 1 saturated heterocycles. The maximum absolute atomic E-state index is 15.7. The highest BCUT2D eigenvalue weighted by Crippen LogP contribution is 2.45. The Morgan fingerprint density at radius 2 is 1.87 bits per heavy atom. The second kappa shape index (κ2) is 11.7. The number of aryl methyl sites for hydroxylation is 2. The van der Waals surface area contributed by atoms with Crippen LogP contribution in [0.4, 0.5) is 10.4 Å². The highest BCUT2D eigenvalue weighted by atomic mass is 19.1. The molecule has 0 unspecified atom stereocenters. The van der Waals surface area contributed by atoms with E-state index in [0.717, 1.165) is 50.1 Å². The third-order valence-electron chi connectivity index (χ3n) is 8.69. The van der Waals surface area contributed by atoms with Crippen LogP contribution in [0.2, 0.25) is 0 Å². The smallest absolute Gasteiger partial charge is 0.337 e. The van der Waals surface area contributed by atoms with Crippen LogP contribution in [0.1, 0.15) is 62.1 Å². The van der Waals surface area contributed by atoms with Crippen LogP contribution >= 0.6 is 0 Å². The SMILES string of the molecule is Cc1nc2c(cc(-c3nnc(N4CCCN(C)CC4)o3)n2C)c(-c2cc(F)c3c(c2C)CCCO3)c1[C@H](OC(C)(C)C)C(=O)O. The first-order valence-electron chi connectivity index (χ1n) is 15.5. The molecule has 4 aromatic rings. The molecular formula is C33H41FN6O5. The van der Waals surface area contributed by atoms with Crippen LogP contribution < -0.4 is 9.64 Å². The fourth-order valence-electron chi connectivity index (χ4n) is 6.46. The monoisotopic (exact) mass is 620 g/mol. The Labute approximate surface area is 261 Å². The number of ether oxygens (including phenoxy) is 2. The van der Waals surface area contributed by atoms with Crippen molar-refractivity contribution >= 4 is 23.0 Å². The number of carbonyl (C=O) groups is 1. The minimum atomic E-state index is -1.36. The number of carboxylic acid groups (broad SMARTS) is 1. The number of rotatable bonds is 6. The largest absolute Gasteiger partial charge is 0.490 e. The summed E-state index contributed by atoms with van der Waals surface area (Å²) < 4.78 is 35.7. The lowest BCUT2D eigenvalue weighted by molar-refractivity contribution is -0.160. The first-order chi connectivity index (χ1) is 21.3. The molecular weight excluding hydrogens is 579 g/mol. The fourth-order valence-corrected chi connectivity index (χ4v) is 6.46. The maximum atomic E-state index is 15.7. The van der Waals surface area contributed by atoms with Crippen LogP contribution in [0, 0.1) is 19.7 Å². The van der Waals surface area contributed by atoms with Gasteiger partial charge < -0.3 is 33.4 Å². The molecule has 12 heteroatoms. The summed E-state index contributed by atoms with van der Waals surface area (Å²) in [6.45, 7) is 13.1. The van der Waals surface area contributed by atoms with Gasteiger partial charge in [0.2, 0.25) is 0 Å². The summed E-state index contributed by atoms with van der Waals surface area (Å²) in [5, 5.41) is 19.9. The molecule has 1 fully saturated rings. The average Bonchev–Trinajstić information content (AvgIpc) is 3.52. The number of nitrogens with zero attached hydrogens (tertiary/aromatic N) is 6. The van der Waals surface area contributed by atoms with Crippen LogP contribution in [0.3, 0.4) is 0 Å². The number of hydrogen-bond acceptors (Lipinski definition) is 9. The number of anilines is 1. The van der Waals surface area contributed by atoms with Crippen molar-refractivity contribution in [1.29, 1.82) is 0 Å². The van der Waals surface area contributed by atoms with Gasteiger partial charge in [-0.3, -0.25) is 0 Å². The lowest BCUT2D eigenvalue weighted by Crippen LogP contribution is -2.28. The van der Waals surface area contributed by atoms with Gasteiger partial charge in [0.1, 0.15) is 11.3 Å². The predicted molar refractivity (Wildman–Crippen MR) is 168 cm³/mol. The topological polar surface area (TPSA) is 119 Å². The standard InChI is InChI=1S/C33H41FN6O5/c1-18-20-10-8-15-43-27(20)23(34)16-21(18)26-22-17-24(30-36-37-32(44-30)40-12-9-11-38(6)13-14-40)39(7)29(22)35-19(2)25(26)28(31(41)42)45-33(3,4)5/h16-17,28H,8-15H2,1-7H3,(H,41,42)/t28-/m0/s1. The number of hydrogen-bond donors (Lipinski definition) is 1. The van der Waals surface area contributed by atoms with E-state index in [2.05, 4.69) is 27.0 Å². The minimum Gasteiger partial charge on any atom is -0.490 e. The Balaban J connectivity index is 1.58. The molecule has 3 aromatic heterocycles. The quantitative estimate of drug-likeness (QED) is 0.298. The third-order valence-corrected chi connectivity index (χ3v) is 8.69. The number of aliphatic carboxylic acids is 1. The van der Waals surface area contributed by atoms with Crippen LogP contribution in [0.5, 0.6) is 5.75 Å². The van der Waals surface area contributed by atoms with E-state index in [4.69, 9.17) is 18.9 Å². The van der Waals surface area contributed by atoms with Gasteiger partial charge in [-0.2, -0.15) is 0 Å². The van der Waals surface area contributed by atoms with E-state index < -0.39 is 23.5 Å². The molecule has 2 aliphatic heterocycles. The summed E-state index contributed by atoms with van der Waals surface area (Å²) >= 11 is 0. The Bertz CT molecular complexity index is 1770. The van der Waals surface area contributed by atoms with Crippen molar-refractivity contribution in [2.24, 2.45) is 7.05 Å². The number of aromatic nitrogens is 4. The summed E-state index contributed by atoms with van der Waals surface area (Å²) in [4.78, 5) is 22.1. The Kier molecular flexibility index (Phi) is 8.07. The molecule has 5 heterocycles. The highest BCUT2D eigenvalue weighted by molar-refractivity contribution is 6.01. The summed E-state index contributed by atoms with van der Waals surface area (Å²) in [5.41, 5.74) is 3.99. The zero-order valence-corrected chi connectivity index (χ0v) is 27.0. The second-order valence-corrected chi connectivity index (χ2v) is 13.1. The number of fused-ring (bicyclic) bond motifs is 2. The van der Waals surface area contributed by atoms with Crippen LogP contribution in [-0.4, -0.2) is 81.2 Å². The molecule has 45 heavy (non-hydrogen) atoms. The molecule has 0 bridgehead atoms. The van der Waals surface area contributed by atoms with Crippen molar-refractivity contribution in [3.63, 3.8) is 0 Å². The molecule has 1 atom stereocenters. The number of benzene rings is 1. The Morgan fingerprint density at radius 1 is 1.09 bits per heavy atom. The number of pyridine rings is 1. The lowest BCUT2D eigenvalue weighted by atomic mass is 9.86. The van der Waals surface area contributed by atoms with E-state index in [0.29, 0.717) is 64.0 Å². The number of carboxylic acids is 1. The highest BCUT2D eigenvalue weighted by Gasteiger charge is 2.35. The van der Waals surface area contributed by atoms with E-state index in [-0.39, 0.29) is 5.75 Å². The van der Waals surface area contributed by atoms with E-state index in [1.807, 2.05) is 24.6 Å². The summed E-state index contributed by atoms with van der Waals surface area (Å²) in [7, 11) is 3.95. The zero-order valence-electron chi connectivity index (χ0n) is 27.0. The van der Waals surface area contributed by atoms with Gasteiger partial charge in [0.05, 0.1) is 12.2 Å². The van der Waals surface area contributed by atoms with Gasteiger partial charge in [-0.1, -0.05) is 5.10 Å². The third kappa shape index (κ3) is 5.77. The van der Waals surface area contributed by atoms with Gasteiger partial charge >= 0.3 is 12.0 Å². The Morgan fingerprint density at radius 3 is 2.60 bits per heavy atom. The first kappa shape index (κ1) is 31.0. The van der Waals surface area contributed by atoms with Crippen molar-refractivity contribution in [2.45, 2.75) is 65.6 Å². The van der Waals surface area contributed by atoms with E-state index >= 15 is 4.39 Å². The average molecular weight is 621 g/mol. The maximum Gasteiger partial charge on any atom is 0.337 e. The summed E-state index contributed by atoms with van der Waals surface area (Å²) in [6.07, 6.45) is 1.06. The van der Waals surface area contributed by atoms with Crippen LogP contribution in [0.25, 0.3) is 33.7 Å². The van der Waals surface area contributed by atoms with E-state index in [1.54, 1.807) is 27.7 Å². The van der Waals surface area contributed by atoms with Crippen molar-refractivity contribution in [3.05, 3.63) is 40.3 Å². The lowest BCUT2D eigenvalue weighted by Gasteiger charge is -2.29. The van der Waals surface area contributed by atoms with Crippen molar-refractivity contribution < 1.29 is 28.2 Å². The van der Waals surface area contributed by atoms with Gasteiger partial charge in [-0.15, -0.1) is 5.10 Å². The zero-order chi connectivity index (χ0) is 32.2. The molecule has 0 aliphatic carbocycles. The molecule has 0 radical (unpaired) electrons. The fraction of sp³-hybridized carbons (Fsp3) is 0.515. The molecule has 240 valence electrons. The van der Waals surface area contributed by atoms with Gasteiger partial charge in [-0.05, 0) is 90.7 Å². The number of halogens is 1. The van der Waals surface area contributed by atoms with Crippen LogP contribution in [-0.2, 0) is 23.0 Å². The molecule has 1 aromatic carbocycles. The van der Waals surface area contributed by atoms with E-state index in [1.165, 1.54) is 6.07 Å². The number of likely N-dealkylation sites (N-methyl/N-ethyl adjacent to an activating group) is 1. The molecule has 11 nitrogen and oxygen atoms in total. The predicted octanol–water partition coefficient (Wildman–Crippen LogP) is 5.45. The molecule has 0 amide bonds. The molecule has 1 N–H and O–H groups in total. The van der Waals surface area contributed by atoms with Crippen molar-refractivity contribution in [1.82, 2.24) is 24.6 Å². The van der Waals surface area contributed by atoms with Gasteiger partial charge in [-0.25, -0.2) is 14.2 Å². The molecule has 6 rings (SSSR count). The molecule has 2 aliphatic rings. The molecule has 0 spiro atoms. The van der Waals surface area contributed by atoms with Gasteiger partial charge in [0, 0.05) is 54.5 Å². The Hall–Kier alpha value is -4.03. The minimum absolute atomic E-state index is 0.263. The van der Waals surface area contributed by atoms with Crippen LogP contribution in [0.15, 0.2) is 16.5 Å². The first-order valence-corrected chi connectivity index (χ1v) is 15.5. The van der Waals surface area contributed by atoms with E-state index in [9.17, 15) is 9.90 Å². The van der Waals surface area contributed by atoms with Crippen molar-refractivity contribution in [2.75, 3.05) is 44.7 Å². The second-order valence-electron chi connectivity index (χ2n) is 13.1. The molecule has 0 saturated carbocycles. The summed E-state index contributed by atoms with van der Waals surface area (Å²) in [5.74, 6) is -1.06. The van der Waals surface area contributed by atoms with Gasteiger partial charge in [0.15, 0.2) is 17.7 Å². The normalized spacial score (nSPS) is 16.8. The summed E-state index contributed by atoms with van der Waals surface area (Å²) in [6, 6.07) is 3.77.